The fourth-order valence-corrected chi connectivity index (χ4v) is 4.14. The Hall–Kier alpha value is -3.36. The van der Waals surface area contributed by atoms with Crippen LogP contribution in [0.1, 0.15) is 35.9 Å². The molecular weight excluding hydrogens is 446 g/mol. The molecule has 1 aliphatic heterocycles. The summed E-state index contributed by atoms with van der Waals surface area (Å²) in [6.45, 7) is 3.45. The molecule has 0 aliphatic carbocycles. The van der Waals surface area contributed by atoms with Crippen LogP contribution in [0.25, 0.3) is 11.3 Å². The highest BCUT2D eigenvalue weighted by molar-refractivity contribution is 6.33. The van der Waals surface area contributed by atoms with E-state index >= 15 is 0 Å². The SMILES string of the molecule is CC1CCN(c2ccc(C(=O)Nc3ccc(Cl)c(-c4ccc(CO)o4)c3)cc2[N+](=O)[O-])CC1. The van der Waals surface area contributed by atoms with Crippen molar-refractivity contribution in [3.63, 3.8) is 0 Å². The van der Waals surface area contributed by atoms with Gasteiger partial charge in [0.05, 0.1) is 9.95 Å². The first kappa shape index (κ1) is 22.8. The van der Waals surface area contributed by atoms with E-state index in [0.29, 0.717) is 39.4 Å². The summed E-state index contributed by atoms with van der Waals surface area (Å²) in [5.41, 5.74) is 1.65. The third-order valence-corrected chi connectivity index (χ3v) is 6.20. The summed E-state index contributed by atoms with van der Waals surface area (Å²) in [6.07, 6.45) is 1.96. The monoisotopic (exact) mass is 469 g/mol. The topological polar surface area (TPSA) is 109 Å². The molecule has 1 saturated heterocycles. The molecule has 8 nitrogen and oxygen atoms in total. The first-order valence-corrected chi connectivity index (χ1v) is 11.1. The zero-order valence-electron chi connectivity index (χ0n) is 18.1. The highest BCUT2D eigenvalue weighted by Crippen LogP contribution is 2.34. The van der Waals surface area contributed by atoms with E-state index < -0.39 is 10.8 Å². The van der Waals surface area contributed by atoms with Gasteiger partial charge in [-0.25, -0.2) is 0 Å². The van der Waals surface area contributed by atoms with Crippen molar-refractivity contribution < 1.29 is 19.2 Å². The second-order valence-electron chi connectivity index (χ2n) is 8.20. The Morgan fingerprint density at radius 1 is 1.21 bits per heavy atom. The highest BCUT2D eigenvalue weighted by Gasteiger charge is 2.25. The van der Waals surface area contributed by atoms with Crippen LogP contribution in [-0.4, -0.2) is 29.0 Å². The van der Waals surface area contributed by atoms with E-state index in [4.69, 9.17) is 16.0 Å². The van der Waals surface area contributed by atoms with Crippen molar-refractivity contribution >= 4 is 34.6 Å². The molecule has 0 atom stereocenters. The zero-order valence-corrected chi connectivity index (χ0v) is 18.8. The highest BCUT2D eigenvalue weighted by atomic mass is 35.5. The van der Waals surface area contributed by atoms with E-state index in [1.165, 1.54) is 6.07 Å². The maximum Gasteiger partial charge on any atom is 0.293 e. The molecule has 4 rings (SSSR count). The molecule has 2 aromatic carbocycles. The van der Waals surface area contributed by atoms with Crippen molar-refractivity contribution in [1.29, 1.82) is 0 Å². The van der Waals surface area contributed by atoms with Crippen LogP contribution in [-0.2, 0) is 6.61 Å². The van der Waals surface area contributed by atoms with Crippen LogP contribution in [0.3, 0.4) is 0 Å². The van der Waals surface area contributed by atoms with Crippen molar-refractivity contribution in [3.05, 3.63) is 75.0 Å². The zero-order chi connectivity index (χ0) is 23.5. The summed E-state index contributed by atoms with van der Waals surface area (Å²) in [4.78, 5) is 26.2. The lowest BCUT2D eigenvalue weighted by molar-refractivity contribution is -0.384. The Balaban J connectivity index is 1.56. The molecular formula is C24H24ClN3O5. The molecule has 1 aliphatic rings. The Labute approximate surface area is 195 Å². The number of piperidine rings is 1. The minimum Gasteiger partial charge on any atom is -0.459 e. The van der Waals surface area contributed by atoms with E-state index in [1.54, 1.807) is 42.5 Å². The number of furan rings is 1. The number of halogens is 1. The van der Waals surface area contributed by atoms with Crippen LogP contribution in [0.4, 0.5) is 17.1 Å². The smallest absolute Gasteiger partial charge is 0.293 e. The fraction of sp³-hybridized carbons (Fsp3) is 0.292. The maximum absolute atomic E-state index is 12.9. The summed E-state index contributed by atoms with van der Waals surface area (Å²) >= 11 is 6.28. The fourth-order valence-electron chi connectivity index (χ4n) is 3.93. The molecule has 172 valence electrons. The van der Waals surface area contributed by atoms with Gasteiger partial charge in [-0.05, 0) is 61.2 Å². The van der Waals surface area contributed by atoms with Gasteiger partial charge in [0.15, 0.2) is 0 Å². The van der Waals surface area contributed by atoms with Crippen LogP contribution in [0.2, 0.25) is 5.02 Å². The van der Waals surface area contributed by atoms with Gasteiger partial charge in [0, 0.05) is 36.0 Å². The second-order valence-corrected chi connectivity index (χ2v) is 8.61. The van der Waals surface area contributed by atoms with E-state index in [1.807, 2.05) is 4.90 Å². The average Bonchev–Trinajstić information content (AvgIpc) is 3.29. The largest absolute Gasteiger partial charge is 0.459 e. The van der Waals surface area contributed by atoms with E-state index in [-0.39, 0.29) is 17.9 Å². The van der Waals surface area contributed by atoms with Gasteiger partial charge in [0.25, 0.3) is 11.6 Å². The average molecular weight is 470 g/mol. The first-order chi connectivity index (χ1) is 15.9. The van der Waals surface area contributed by atoms with Crippen LogP contribution in [0.15, 0.2) is 52.9 Å². The lowest BCUT2D eigenvalue weighted by Crippen LogP contribution is -2.33. The number of aliphatic hydroxyl groups excluding tert-OH is 1. The molecule has 1 fully saturated rings. The third kappa shape index (κ3) is 5.02. The molecule has 3 aromatic rings. The van der Waals surface area contributed by atoms with Crippen molar-refractivity contribution in [3.8, 4) is 11.3 Å². The number of carbonyl (C=O) groups is 1. The number of nitro benzene ring substituents is 1. The number of amides is 1. The summed E-state index contributed by atoms with van der Waals surface area (Å²) < 4.78 is 5.54. The Morgan fingerprint density at radius 3 is 2.64 bits per heavy atom. The number of hydrogen-bond acceptors (Lipinski definition) is 6. The van der Waals surface area contributed by atoms with Gasteiger partial charge in [-0.3, -0.25) is 14.9 Å². The standard InChI is InChI=1S/C24H24ClN3O5/c1-15-8-10-27(11-9-15)21-6-2-16(12-22(21)28(31)32)24(30)26-17-3-5-20(25)19(13-17)23-7-4-18(14-29)33-23/h2-7,12-13,15,29H,8-11,14H2,1H3,(H,26,30). The van der Waals surface area contributed by atoms with Gasteiger partial charge in [-0.2, -0.15) is 0 Å². The minimum atomic E-state index is -0.472. The van der Waals surface area contributed by atoms with Gasteiger partial charge >= 0.3 is 0 Å². The lowest BCUT2D eigenvalue weighted by atomic mass is 9.98. The number of hydrogen-bond donors (Lipinski definition) is 2. The number of carbonyl (C=O) groups excluding carboxylic acids is 1. The van der Waals surface area contributed by atoms with Crippen molar-refractivity contribution in [1.82, 2.24) is 0 Å². The van der Waals surface area contributed by atoms with Crippen molar-refractivity contribution in [2.45, 2.75) is 26.4 Å². The van der Waals surface area contributed by atoms with Crippen LogP contribution >= 0.6 is 11.6 Å². The Bertz CT molecular complexity index is 1180. The molecule has 2 N–H and O–H groups in total. The molecule has 2 heterocycles. The number of nitro groups is 1. The van der Waals surface area contributed by atoms with Crippen LogP contribution in [0.5, 0.6) is 0 Å². The summed E-state index contributed by atoms with van der Waals surface area (Å²) in [6, 6.07) is 12.8. The van der Waals surface area contributed by atoms with Gasteiger partial charge in [-0.15, -0.1) is 0 Å². The molecule has 1 aromatic heterocycles. The van der Waals surface area contributed by atoms with Gasteiger partial charge in [0.1, 0.15) is 23.8 Å². The maximum atomic E-state index is 12.9. The second kappa shape index (κ2) is 9.64. The Kier molecular flexibility index (Phi) is 6.67. The predicted molar refractivity (Wildman–Crippen MR) is 127 cm³/mol. The normalized spacial score (nSPS) is 14.3. The van der Waals surface area contributed by atoms with E-state index in [0.717, 1.165) is 25.9 Å². The van der Waals surface area contributed by atoms with Crippen LogP contribution < -0.4 is 10.2 Å². The molecule has 0 bridgehead atoms. The number of anilines is 2. The lowest BCUT2D eigenvalue weighted by Gasteiger charge is -2.31. The predicted octanol–water partition coefficient (Wildman–Crippen LogP) is 5.49. The molecule has 0 unspecified atom stereocenters. The quantitative estimate of drug-likeness (QED) is 0.365. The Morgan fingerprint density at radius 2 is 1.97 bits per heavy atom. The van der Waals surface area contributed by atoms with Gasteiger partial charge in [0.2, 0.25) is 0 Å². The number of nitrogens with one attached hydrogen (secondary N) is 1. The van der Waals surface area contributed by atoms with Crippen molar-refractivity contribution in [2.75, 3.05) is 23.3 Å². The van der Waals surface area contributed by atoms with Gasteiger partial charge < -0.3 is 19.7 Å². The molecule has 0 saturated carbocycles. The van der Waals surface area contributed by atoms with Gasteiger partial charge in [-0.1, -0.05) is 18.5 Å². The number of benzene rings is 2. The first-order valence-electron chi connectivity index (χ1n) is 10.7. The molecule has 9 heteroatoms. The van der Waals surface area contributed by atoms with Crippen LogP contribution in [0, 0.1) is 16.0 Å². The third-order valence-electron chi connectivity index (χ3n) is 5.87. The van der Waals surface area contributed by atoms with Crippen molar-refractivity contribution in [2.24, 2.45) is 5.92 Å². The number of rotatable bonds is 6. The minimum absolute atomic E-state index is 0.0823. The molecule has 0 spiro atoms. The summed E-state index contributed by atoms with van der Waals surface area (Å²) in [7, 11) is 0. The molecule has 33 heavy (non-hydrogen) atoms. The molecule has 1 amide bonds. The number of aliphatic hydroxyl groups is 1. The summed E-state index contributed by atoms with van der Waals surface area (Å²) in [5.74, 6) is 0.980. The number of nitrogens with zero attached hydrogens (tertiary/aromatic N) is 2. The van der Waals surface area contributed by atoms with E-state index in [2.05, 4.69) is 12.2 Å². The van der Waals surface area contributed by atoms with E-state index in [9.17, 15) is 20.0 Å². The molecule has 0 radical (unpaired) electrons. The summed E-state index contributed by atoms with van der Waals surface area (Å²) in [5, 5.41) is 24.1.